The molecule has 0 aliphatic carbocycles. The van der Waals surface area contributed by atoms with E-state index < -0.39 is 23.0 Å². The van der Waals surface area contributed by atoms with Crippen molar-refractivity contribution in [3.8, 4) is 23.1 Å². The third-order valence-corrected chi connectivity index (χ3v) is 4.48. The molecule has 7 nitrogen and oxygen atoms in total. The van der Waals surface area contributed by atoms with Crippen molar-refractivity contribution in [2.75, 3.05) is 5.43 Å². The second-order valence-electron chi connectivity index (χ2n) is 5.88. The number of phenols is 1. The highest BCUT2D eigenvalue weighted by atomic mass is 79.9. The van der Waals surface area contributed by atoms with Crippen LogP contribution in [0.5, 0.6) is 5.75 Å². The predicted molar refractivity (Wildman–Crippen MR) is 107 cm³/mol. The molecular formula is C19H11BrF3N5O2. The molecule has 30 heavy (non-hydrogen) atoms. The van der Waals surface area contributed by atoms with Gasteiger partial charge in [0.25, 0.3) is 5.56 Å². The third kappa shape index (κ3) is 4.49. The number of aromatic amines is 1. The van der Waals surface area contributed by atoms with Gasteiger partial charge in [0.1, 0.15) is 17.4 Å². The van der Waals surface area contributed by atoms with Crippen LogP contribution >= 0.6 is 15.9 Å². The predicted octanol–water partition coefficient (Wildman–Crippen LogP) is 4.24. The Labute approximate surface area is 175 Å². The lowest BCUT2D eigenvalue weighted by molar-refractivity contribution is -0.137. The van der Waals surface area contributed by atoms with E-state index in [9.17, 15) is 28.3 Å². The van der Waals surface area contributed by atoms with E-state index in [-0.39, 0.29) is 27.2 Å². The van der Waals surface area contributed by atoms with Crippen LogP contribution in [0.25, 0.3) is 11.3 Å². The summed E-state index contributed by atoms with van der Waals surface area (Å²) in [5, 5.41) is 22.9. The highest BCUT2D eigenvalue weighted by Crippen LogP contribution is 2.36. The first-order valence-corrected chi connectivity index (χ1v) is 8.98. The first-order valence-electron chi connectivity index (χ1n) is 8.19. The number of benzene rings is 2. The molecule has 0 aliphatic rings. The molecule has 0 bridgehead atoms. The summed E-state index contributed by atoms with van der Waals surface area (Å²) in [6.45, 7) is 0. The molecule has 0 spiro atoms. The van der Waals surface area contributed by atoms with Gasteiger partial charge in [-0.15, -0.1) is 0 Å². The molecule has 3 N–H and O–H groups in total. The Morgan fingerprint density at radius 2 is 1.97 bits per heavy atom. The molecule has 1 aromatic heterocycles. The number of aromatic nitrogens is 2. The summed E-state index contributed by atoms with van der Waals surface area (Å²) in [4.78, 5) is 18.6. The van der Waals surface area contributed by atoms with Gasteiger partial charge in [-0.1, -0.05) is 30.3 Å². The highest BCUT2D eigenvalue weighted by molar-refractivity contribution is 9.10. The molecule has 0 unspecified atom stereocenters. The van der Waals surface area contributed by atoms with Crippen molar-refractivity contribution in [1.82, 2.24) is 9.97 Å². The zero-order chi connectivity index (χ0) is 21.9. The van der Waals surface area contributed by atoms with Gasteiger partial charge in [-0.2, -0.15) is 23.5 Å². The standard InChI is InChI=1S/C19H11BrF3N5O2/c20-14-7-12(19(21,22)23)6-11(16(14)29)9-25-28-18-26-15(10-4-2-1-3-5-10)13(8-24)17(30)27-18/h1-7,9,29H,(H2,26,27,28,30). The summed E-state index contributed by atoms with van der Waals surface area (Å²) >= 11 is 2.86. The molecule has 152 valence electrons. The van der Waals surface area contributed by atoms with Crippen LogP contribution in [0.15, 0.2) is 56.8 Å². The Bertz CT molecular complexity index is 1220. The van der Waals surface area contributed by atoms with Gasteiger partial charge in [0.15, 0.2) is 0 Å². The second kappa shape index (κ2) is 8.38. The Morgan fingerprint density at radius 1 is 1.27 bits per heavy atom. The number of aromatic hydroxyl groups is 1. The lowest BCUT2D eigenvalue weighted by atomic mass is 10.1. The highest BCUT2D eigenvalue weighted by Gasteiger charge is 2.31. The second-order valence-corrected chi connectivity index (χ2v) is 6.73. The van der Waals surface area contributed by atoms with Gasteiger partial charge < -0.3 is 5.11 Å². The summed E-state index contributed by atoms with van der Waals surface area (Å²) in [5.41, 5.74) is 0.907. The topological polar surface area (TPSA) is 114 Å². The Morgan fingerprint density at radius 3 is 2.60 bits per heavy atom. The van der Waals surface area contributed by atoms with E-state index in [1.807, 2.05) is 0 Å². The molecule has 11 heteroatoms. The number of halogens is 4. The van der Waals surface area contributed by atoms with Crippen molar-refractivity contribution in [1.29, 1.82) is 5.26 Å². The molecule has 3 aromatic rings. The molecule has 0 saturated carbocycles. The van der Waals surface area contributed by atoms with Crippen molar-refractivity contribution < 1.29 is 18.3 Å². The van der Waals surface area contributed by atoms with Crippen molar-refractivity contribution in [3.63, 3.8) is 0 Å². The van der Waals surface area contributed by atoms with E-state index in [1.165, 1.54) is 0 Å². The zero-order valence-electron chi connectivity index (χ0n) is 14.8. The van der Waals surface area contributed by atoms with Crippen molar-refractivity contribution in [2.24, 2.45) is 5.10 Å². The average molecular weight is 478 g/mol. The van der Waals surface area contributed by atoms with E-state index in [4.69, 9.17) is 0 Å². The Balaban J connectivity index is 1.95. The fraction of sp³-hybridized carbons (Fsp3) is 0.0526. The van der Waals surface area contributed by atoms with Gasteiger partial charge in [0.2, 0.25) is 5.95 Å². The summed E-state index contributed by atoms with van der Waals surface area (Å²) in [6, 6.07) is 11.7. The molecule has 2 aromatic carbocycles. The van der Waals surface area contributed by atoms with Crippen LogP contribution in [0, 0.1) is 11.3 Å². The lowest BCUT2D eigenvalue weighted by Crippen LogP contribution is -2.16. The van der Waals surface area contributed by atoms with E-state index in [2.05, 4.69) is 36.4 Å². The number of nitrogens with one attached hydrogen (secondary N) is 2. The lowest BCUT2D eigenvalue weighted by Gasteiger charge is -2.10. The molecule has 1 heterocycles. The SMILES string of the molecule is N#Cc1c(-c2ccccc2)nc(NN=Cc2cc(C(F)(F)F)cc(Br)c2O)[nH]c1=O. The first kappa shape index (κ1) is 21.1. The molecule has 0 atom stereocenters. The van der Waals surface area contributed by atoms with Gasteiger partial charge in [0.05, 0.1) is 21.9 Å². The third-order valence-electron chi connectivity index (χ3n) is 3.87. The quantitative estimate of drug-likeness (QED) is 0.384. The molecule has 0 aliphatic heterocycles. The van der Waals surface area contributed by atoms with Crippen LogP contribution in [0.3, 0.4) is 0 Å². The van der Waals surface area contributed by atoms with E-state index in [1.54, 1.807) is 36.4 Å². The smallest absolute Gasteiger partial charge is 0.416 e. The Hall–Kier alpha value is -3.65. The number of nitriles is 1. The van der Waals surface area contributed by atoms with Crippen molar-refractivity contribution in [3.05, 3.63) is 74.0 Å². The number of phenolic OH excluding ortho intramolecular Hbond substituents is 1. The number of anilines is 1. The fourth-order valence-corrected chi connectivity index (χ4v) is 2.96. The van der Waals surface area contributed by atoms with Gasteiger partial charge in [-0.25, -0.2) is 10.4 Å². The monoisotopic (exact) mass is 477 g/mol. The summed E-state index contributed by atoms with van der Waals surface area (Å²) in [6.07, 6.45) is -3.67. The Kier molecular flexibility index (Phi) is 5.89. The van der Waals surface area contributed by atoms with Crippen molar-refractivity contribution in [2.45, 2.75) is 6.18 Å². The summed E-state index contributed by atoms with van der Waals surface area (Å²) < 4.78 is 38.7. The van der Waals surface area contributed by atoms with Gasteiger partial charge >= 0.3 is 6.18 Å². The van der Waals surface area contributed by atoms with Crippen LogP contribution in [0.1, 0.15) is 16.7 Å². The number of H-pyrrole nitrogens is 1. The van der Waals surface area contributed by atoms with Gasteiger partial charge in [0, 0.05) is 11.1 Å². The number of alkyl halides is 3. The maximum absolute atomic E-state index is 12.9. The number of hydrogen-bond donors (Lipinski definition) is 3. The summed E-state index contributed by atoms with van der Waals surface area (Å²) in [5.74, 6) is -0.584. The zero-order valence-corrected chi connectivity index (χ0v) is 16.4. The van der Waals surface area contributed by atoms with Gasteiger partial charge in [-0.3, -0.25) is 9.78 Å². The van der Waals surface area contributed by atoms with Crippen LogP contribution < -0.4 is 11.0 Å². The number of nitrogens with zero attached hydrogens (tertiary/aromatic N) is 3. The molecule has 3 rings (SSSR count). The normalized spacial score (nSPS) is 11.4. The fourth-order valence-electron chi connectivity index (χ4n) is 2.48. The van der Waals surface area contributed by atoms with E-state index in [0.717, 1.165) is 18.3 Å². The van der Waals surface area contributed by atoms with Crippen LogP contribution in [-0.2, 0) is 6.18 Å². The number of rotatable bonds is 4. The van der Waals surface area contributed by atoms with Gasteiger partial charge in [-0.05, 0) is 28.1 Å². The molecule has 0 radical (unpaired) electrons. The molecule has 0 saturated heterocycles. The van der Waals surface area contributed by atoms with E-state index >= 15 is 0 Å². The van der Waals surface area contributed by atoms with Crippen LogP contribution in [-0.4, -0.2) is 21.3 Å². The minimum atomic E-state index is -4.61. The van der Waals surface area contributed by atoms with Crippen molar-refractivity contribution >= 4 is 28.1 Å². The number of hydrogen-bond acceptors (Lipinski definition) is 6. The molecular weight excluding hydrogens is 467 g/mol. The maximum Gasteiger partial charge on any atom is 0.416 e. The number of hydrazone groups is 1. The molecule has 0 amide bonds. The first-order chi connectivity index (χ1) is 14.2. The van der Waals surface area contributed by atoms with E-state index in [0.29, 0.717) is 5.56 Å². The van der Waals surface area contributed by atoms with Crippen LogP contribution in [0.2, 0.25) is 0 Å². The minimum absolute atomic E-state index is 0.115. The van der Waals surface area contributed by atoms with Crippen LogP contribution in [0.4, 0.5) is 19.1 Å². The average Bonchev–Trinajstić information content (AvgIpc) is 2.70. The molecule has 0 fully saturated rings. The minimum Gasteiger partial charge on any atom is -0.506 e. The largest absolute Gasteiger partial charge is 0.506 e. The maximum atomic E-state index is 12.9. The summed E-state index contributed by atoms with van der Waals surface area (Å²) in [7, 11) is 0.